The molecule has 0 radical (unpaired) electrons. The SMILES string of the molecule is C=CCC(C)(C)CC(C)COCC(O)CCCC. The molecular formula is C16H32O2. The number of hydrogen-bond acceptors (Lipinski definition) is 2. The Kier molecular flexibility index (Phi) is 9.39. The molecule has 0 aliphatic rings. The first-order chi connectivity index (χ1) is 8.41. The average molecular weight is 256 g/mol. The molecule has 108 valence electrons. The standard InChI is InChI=1S/C16H32O2/c1-6-8-9-15(17)13-18-12-14(3)11-16(4,5)10-7-2/h7,14-15,17H,2,6,8-13H2,1,3-5H3. The van der Waals surface area contributed by atoms with E-state index in [-0.39, 0.29) is 6.10 Å². The predicted molar refractivity (Wildman–Crippen MR) is 78.7 cm³/mol. The van der Waals surface area contributed by atoms with Gasteiger partial charge < -0.3 is 9.84 Å². The van der Waals surface area contributed by atoms with E-state index >= 15 is 0 Å². The molecule has 1 N–H and O–H groups in total. The molecule has 0 amide bonds. The normalized spacial score (nSPS) is 15.4. The minimum absolute atomic E-state index is 0.293. The molecule has 0 aromatic heterocycles. The fraction of sp³-hybridized carbons (Fsp3) is 0.875. The van der Waals surface area contributed by atoms with Crippen molar-refractivity contribution in [3.05, 3.63) is 12.7 Å². The highest BCUT2D eigenvalue weighted by molar-refractivity contribution is 4.80. The molecule has 2 atom stereocenters. The molecule has 18 heavy (non-hydrogen) atoms. The van der Waals surface area contributed by atoms with Gasteiger partial charge in [-0.05, 0) is 30.6 Å². The summed E-state index contributed by atoms with van der Waals surface area (Å²) in [4.78, 5) is 0. The molecular weight excluding hydrogens is 224 g/mol. The van der Waals surface area contributed by atoms with Gasteiger partial charge in [-0.2, -0.15) is 0 Å². The zero-order valence-electron chi connectivity index (χ0n) is 12.7. The highest BCUT2D eigenvalue weighted by atomic mass is 16.5. The van der Waals surface area contributed by atoms with Crippen LogP contribution < -0.4 is 0 Å². The van der Waals surface area contributed by atoms with Gasteiger partial charge in [0.25, 0.3) is 0 Å². The highest BCUT2D eigenvalue weighted by Crippen LogP contribution is 2.29. The van der Waals surface area contributed by atoms with Crippen LogP contribution >= 0.6 is 0 Å². The van der Waals surface area contributed by atoms with E-state index in [1.807, 2.05) is 6.08 Å². The molecule has 0 heterocycles. The van der Waals surface area contributed by atoms with E-state index in [0.717, 1.165) is 38.7 Å². The Morgan fingerprint density at radius 2 is 2.00 bits per heavy atom. The van der Waals surface area contributed by atoms with Crippen LogP contribution in [-0.2, 0) is 4.74 Å². The number of rotatable bonds is 11. The molecule has 0 saturated heterocycles. The lowest BCUT2D eigenvalue weighted by Gasteiger charge is -2.27. The van der Waals surface area contributed by atoms with Crippen molar-refractivity contribution in [1.29, 1.82) is 0 Å². The average Bonchev–Trinajstić information content (AvgIpc) is 2.25. The third-order valence-electron chi connectivity index (χ3n) is 3.20. The first kappa shape index (κ1) is 17.7. The summed E-state index contributed by atoms with van der Waals surface area (Å²) in [6.45, 7) is 13.9. The number of aliphatic hydroxyl groups excluding tert-OH is 1. The summed E-state index contributed by atoms with van der Waals surface area (Å²) in [6.07, 6.45) is 6.92. The van der Waals surface area contributed by atoms with E-state index in [2.05, 4.69) is 34.3 Å². The van der Waals surface area contributed by atoms with Gasteiger partial charge in [-0.25, -0.2) is 0 Å². The number of aliphatic hydroxyl groups is 1. The Morgan fingerprint density at radius 1 is 1.33 bits per heavy atom. The molecule has 0 aromatic rings. The lowest BCUT2D eigenvalue weighted by Crippen LogP contribution is -2.21. The largest absolute Gasteiger partial charge is 0.391 e. The summed E-state index contributed by atoms with van der Waals surface area (Å²) in [6, 6.07) is 0. The summed E-state index contributed by atoms with van der Waals surface area (Å²) in [7, 11) is 0. The van der Waals surface area contributed by atoms with Gasteiger partial charge in [0, 0.05) is 6.61 Å². The second-order valence-electron chi connectivity index (χ2n) is 6.30. The van der Waals surface area contributed by atoms with E-state index in [9.17, 15) is 5.11 Å². The molecule has 0 aliphatic heterocycles. The van der Waals surface area contributed by atoms with E-state index < -0.39 is 0 Å². The minimum Gasteiger partial charge on any atom is -0.391 e. The second-order valence-corrected chi connectivity index (χ2v) is 6.30. The van der Waals surface area contributed by atoms with Crippen molar-refractivity contribution in [3.63, 3.8) is 0 Å². The Labute approximate surface area is 113 Å². The monoisotopic (exact) mass is 256 g/mol. The summed E-state index contributed by atoms with van der Waals surface area (Å²) in [5.41, 5.74) is 0.297. The van der Waals surface area contributed by atoms with Gasteiger partial charge in [0.15, 0.2) is 0 Å². The van der Waals surface area contributed by atoms with Crippen molar-refractivity contribution in [2.75, 3.05) is 13.2 Å². The van der Waals surface area contributed by atoms with Gasteiger partial charge in [0.05, 0.1) is 12.7 Å². The maximum Gasteiger partial charge on any atom is 0.0773 e. The lowest BCUT2D eigenvalue weighted by atomic mass is 9.81. The fourth-order valence-electron chi connectivity index (χ4n) is 2.40. The molecule has 0 aliphatic carbocycles. The molecule has 0 fully saturated rings. The van der Waals surface area contributed by atoms with Gasteiger partial charge in [0.2, 0.25) is 0 Å². The fourth-order valence-corrected chi connectivity index (χ4v) is 2.40. The van der Waals surface area contributed by atoms with Crippen LogP contribution in [0, 0.1) is 11.3 Å². The van der Waals surface area contributed by atoms with Crippen LogP contribution in [0.1, 0.15) is 59.8 Å². The summed E-state index contributed by atoms with van der Waals surface area (Å²) in [5, 5.41) is 9.67. The minimum atomic E-state index is -0.293. The van der Waals surface area contributed by atoms with Crippen LogP contribution in [0.3, 0.4) is 0 Å². The Balaban J connectivity index is 3.70. The maximum absolute atomic E-state index is 9.67. The van der Waals surface area contributed by atoms with Crippen molar-refractivity contribution in [2.45, 2.75) is 65.9 Å². The summed E-state index contributed by atoms with van der Waals surface area (Å²) in [5.74, 6) is 0.526. The molecule has 0 aromatic carbocycles. The third kappa shape index (κ3) is 9.67. The van der Waals surface area contributed by atoms with Crippen LogP contribution in [-0.4, -0.2) is 24.4 Å². The quantitative estimate of drug-likeness (QED) is 0.562. The van der Waals surface area contributed by atoms with Gasteiger partial charge in [-0.1, -0.05) is 46.6 Å². The van der Waals surface area contributed by atoms with Crippen molar-refractivity contribution in [3.8, 4) is 0 Å². The number of hydrogen-bond donors (Lipinski definition) is 1. The van der Waals surface area contributed by atoms with E-state index in [1.54, 1.807) is 0 Å². The van der Waals surface area contributed by atoms with Crippen molar-refractivity contribution in [1.82, 2.24) is 0 Å². The zero-order valence-corrected chi connectivity index (χ0v) is 12.7. The second kappa shape index (κ2) is 9.57. The van der Waals surface area contributed by atoms with Crippen molar-refractivity contribution >= 4 is 0 Å². The van der Waals surface area contributed by atoms with Crippen LogP contribution in [0.25, 0.3) is 0 Å². The molecule has 2 heteroatoms. The number of allylic oxidation sites excluding steroid dienone is 1. The first-order valence-electron chi connectivity index (χ1n) is 7.28. The topological polar surface area (TPSA) is 29.5 Å². The predicted octanol–water partition coefficient (Wildman–Crippen LogP) is 4.18. The van der Waals surface area contributed by atoms with E-state index in [4.69, 9.17) is 4.74 Å². The van der Waals surface area contributed by atoms with E-state index in [0.29, 0.717) is 17.9 Å². The zero-order chi connectivity index (χ0) is 14.0. The Morgan fingerprint density at radius 3 is 2.56 bits per heavy atom. The smallest absolute Gasteiger partial charge is 0.0773 e. The molecule has 0 rings (SSSR count). The van der Waals surface area contributed by atoms with Crippen LogP contribution in [0.2, 0.25) is 0 Å². The lowest BCUT2D eigenvalue weighted by molar-refractivity contribution is 0.0132. The molecule has 0 saturated carbocycles. The molecule has 2 unspecified atom stereocenters. The van der Waals surface area contributed by atoms with Gasteiger partial charge in [-0.3, -0.25) is 0 Å². The van der Waals surface area contributed by atoms with Gasteiger partial charge in [-0.15, -0.1) is 6.58 Å². The van der Waals surface area contributed by atoms with Crippen molar-refractivity contribution < 1.29 is 9.84 Å². The first-order valence-corrected chi connectivity index (χ1v) is 7.28. The summed E-state index contributed by atoms with van der Waals surface area (Å²) < 4.78 is 5.60. The summed E-state index contributed by atoms with van der Waals surface area (Å²) >= 11 is 0. The Bertz CT molecular complexity index is 211. The van der Waals surface area contributed by atoms with Gasteiger partial charge in [0.1, 0.15) is 0 Å². The van der Waals surface area contributed by atoms with Crippen LogP contribution in [0.5, 0.6) is 0 Å². The number of unbranched alkanes of at least 4 members (excludes halogenated alkanes) is 1. The number of ether oxygens (including phenoxy) is 1. The molecule has 0 bridgehead atoms. The van der Waals surface area contributed by atoms with Crippen LogP contribution in [0.4, 0.5) is 0 Å². The van der Waals surface area contributed by atoms with Crippen molar-refractivity contribution in [2.24, 2.45) is 11.3 Å². The maximum atomic E-state index is 9.67. The highest BCUT2D eigenvalue weighted by Gasteiger charge is 2.19. The van der Waals surface area contributed by atoms with Gasteiger partial charge >= 0.3 is 0 Å². The van der Waals surface area contributed by atoms with Crippen LogP contribution in [0.15, 0.2) is 12.7 Å². The third-order valence-corrected chi connectivity index (χ3v) is 3.20. The Hall–Kier alpha value is -0.340. The van der Waals surface area contributed by atoms with E-state index in [1.165, 1.54) is 0 Å². The molecule has 0 spiro atoms. The molecule has 2 nitrogen and oxygen atoms in total.